The summed E-state index contributed by atoms with van der Waals surface area (Å²) in [6, 6.07) is 22.5. The van der Waals surface area contributed by atoms with Crippen molar-refractivity contribution in [3.05, 3.63) is 119 Å². The Hall–Kier alpha value is -7.86. The van der Waals surface area contributed by atoms with Crippen LogP contribution < -0.4 is 9.80 Å². The number of benzene rings is 4. The van der Waals surface area contributed by atoms with E-state index in [0.29, 0.717) is 35.6 Å². The van der Waals surface area contributed by atoms with Gasteiger partial charge in [0.1, 0.15) is 24.2 Å². The van der Waals surface area contributed by atoms with Gasteiger partial charge in [0.05, 0.1) is 32.7 Å². The number of hydrogen-bond donors (Lipinski definition) is 0. The number of amides is 4. The van der Waals surface area contributed by atoms with Gasteiger partial charge in [-0.3, -0.25) is 19.2 Å². The average molecular weight is 1340 g/mol. The average Bonchev–Trinajstić information content (AvgIpc) is 0.797. The quantitative estimate of drug-likeness (QED) is 0.0790. The third kappa shape index (κ3) is 18.3. The predicted molar refractivity (Wildman–Crippen MR) is 354 cm³/mol. The van der Waals surface area contributed by atoms with Crippen LogP contribution in [-0.2, 0) is 103 Å². The van der Waals surface area contributed by atoms with Crippen LogP contribution in [0.15, 0.2) is 107 Å². The molecular formula is C70H94N6O16S2. The minimum absolute atomic E-state index is 0.0320. The normalized spacial score (nSPS) is 24.1. The van der Waals surface area contributed by atoms with Crippen molar-refractivity contribution in [3.63, 3.8) is 0 Å². The fourth-order valence-electron chi connectivity index (χ4n) is 12.1. The van der Waals surface area contributed by atoms with Crippen molar-refractivity contribution < 1.29 is 74.1 Å². The second-order valence-electron chi connectivity index (χ2n) is 26.8. The number of ether oxygens (including phenoxy) is 4. The maximum Gasteiger partial charge on any atom is 0.329 e. The molecule has 0 bridgehead atoms. The van der Waals surface area contributed by atoms with Crippen LogP contribution in [-0.4, -0.2) is 185 Å². The summed E-state index contributed by atoms with van der Waals surface area (Å²) < 4.78 is 76.1. The van der Waals surface area contributed by atoms with Crippen molar-refractivity contribution in [2.75, 3.05) is 62.6 Å². The largest absolute Gasteiger partial charge is 0.451 e. The minimum Gasteiger partial charge on any atom is -0.451 e. The number of rotatable bonds is 16. The maximum atomic E-state index is 15.2. The summed E-state index contributed by atoms with van der Waals surface area (Å²) >= 11 is 0. The highest BCUT2D eigenvalue weighted by Gasteiger charge is 2.43. The zero-order valence-electron chi connectivity index (χ0n) is 56.7. The molecule has 4 aromatic carbocycles. The Morgan fingerprint density at radius 1 is 0.383 bits per heavy atom. The van der Waals surface area contributed by atoms with Crippen molar-refractivity contribution in [1.82, 2.24) is 19.6 Å². The molecule has 512 valence electrons. The topological polar surface area (TPSA) is 261 Å². The molecule has 0 aliphatic carbocycles. The first-order valence-electron chi connectivity index (χ1n) is 32.3. The third-order valence-corrected chi connectivity index (χ3v) is 20.9. The zero-order chi connectivity index (χ0) is 69.3. The first kappa shape index (κ1) is 73.5. The van der Waals surface area contributed by atoms with Crippen molar-refractivity contribution in [3.8, 4) is 0 Å². The number of hydrogen-bond acceptors (Lipinski definition) is 18. The number of para-hydroxylation sites is 2. The molecule has 0 unspecified atom stereocenters. The smallest absolute Gasteiger partial charge is 0.329 e. The van der Waals surface area contributed by atoms with Crippen molar-refractivity contribution in [2.45, 2.75) is 179 Å². The summed E-state index contributed by atoms with van der Waals surface area (Å²) in [7, 11) is -1.47. The molecule has 94 heavy (non-hydrogen) atoms. The lowest BCUT2D eigenvalue weighted by Crippen LogP contribution is -2.55. The Kier molecular flexibility index (Phi) is 24.7. The second kappa shape index (κ2) is 31.6. The van der Waals surface area contributed by atoms with Gasteiger partial charge >= 0.3 is 23.9 Å². The van der Waals surface area contributed by atoms with Crippen LogP contribution in [0.1, 0.15) is 117 Å². The molecule has 8 atom stereocenters. The highest BCUT2D eigenvalue weighted by atomic mass is 32.2. The summed E-state index contributed by atoms with van der Waals surface area (Å²) in [5, 5.41) is 0. The Morgan fingerprint density at radius 3 is 0.947 bits per heavy atom. The number of likely N-dealkylation sites (N-methyl/N-ethyl adjacent to an activating group) is 4. The number of esters is 4. The van der Waals surface area contributed by atoms with Gasteiger partial charge in [0.15, 0.2) is 44.1 Å². The summed E-state index contributed by atoms with van der Waals surface area (Å²) in [6.07, 6.45) is -6.60. The van der Waals surface area contributed by atoms with E-state index in [1.54, 1.807) is 72.8 Å². The Bertz CT molecular complexity index is 3370. The molecule has 24 heteroatoms. The lowest BCUT2D eigenvalue weighted by atomic mass is 9.99. The van der Waals surface area contributed by atoms with E-state index in [1.807, 2.05) is 89.5 Å². The van der Waals surface area contributed by atoms with Gasteiger partial charge in [-0.05, 0) is 110 Å². The molecule has 3 aliphatic heterocycles. The SMILES string of the molecule is CC(C)C[C@H]1C(=O)O[C@H](Cc2ccc(CN3CCS(=O)(=O)c4ccccc43)cc2)C(=O)N(C)[C@@H](CC(C)C)C(=O)O[C@H](C)C(=O)N(C)[C@@H](CC(C)C)C(=O)O[C@H](Cc2ccc(CN3CCS(=O)(=O)c4ccccc43)cc2)C(=O)N(C)[C@@H](CC(C)C)C(=O)O[C@H](C)C(=O)N1C. The van der Waals surface area contributed by atoms with E-state index < -0.39 is 116 Å². The van der Waals surface area contributed by atoms with Crippen molar-refractivity contribution in [1.29, 1.82) is 0 Å². The van der Waals surface area contributed by atoms with E-state index in [2.05, 4.69) is 0 Å². The van der Waals surface area contributed by atoms with Gasteiger partial charge in [-0.2, -0.15) is 0 Å². The number of carbonyl (C=O) groups is 8. The Labute approximate surface area is 554 Å². The fourth-order valence-corrected chi connectivity index (χ4v) is 15.1. The van der Waals surface area contributed by atoms with Crippen LogP contribution in [0, 0.1) is 23.7 Å². The van der Waals surface area contributed by atoms with Crippen LogP contribution >= 0.6 is 0 Å². The molecule has 0 N–H and O–H groups in total. The van der Waals surface area contributed by atoms with Crippen molar-refractivity contribution in [2.24, 2.45) is 23.7 Å². The number of anilines is 2. The predicted octanol–water partition coefficient (Wildman–Crippen LogP) is 7.25. The lowest BCUT2D eigenvalue weighted by molar-refractivity contribution is -0.176. The molecule has 1 saturated heterocycles. The lowest BCUT2D eigenvalue weighted by Gasteiger charge is -2.35. The number of nitrogens with zero attached hydrogens (tertiary/aromatic N) is 6. The molecule has 3 heterocycles. The molecule has 4 amide bonds. The number of cyclic esters (lactones) is 4. The number of sulfone groups is 2. The van der Waals surface area contributed by atoms with Gasteiger partial charge in [-0.1, -0.05) is 128 Å². The van der Waals surface area contributed by atoms with Gasteiger partial charge < -0.3 is 48.3 Å². The molecular weight excluding hydrogens is 1240 g/mol. The molecule has 22 nitrogen and oxygen atoms in total. The van der Waals surface area contributed by atoms with E-state index >= 15 is 9.59 Å². The van der Waals surface area contributed by atoms with E-state index in [-0.39, 0.29) is 96.6 Å². The van der Waals surface area contributed by atoms with Crippen LogP contribution in [0.2, 0.25) is 0 Å². The summed E-state index contributed by atoms with van der Waals surface area (Å²) in [6.45, 7) is 18.5. The van der Waals surface area contributed by atoms with Gasteiger partial charge in [0.2, 0.25) is 0 Å². The number of fused-ring (bicyclic) bond motifs is 2. The van der Waals surface area contributed by atoms with E-state index in [1.165, 1.54) is 42.0 Å². The molecule has 0 spiro atoms. The van der Waals surface area contributed by atoms with Gasteiger partial charge in [-0.25, -0.2) is 36.0 Å². The van der Waals surface area contributed by atoms with Gasteiger partial charge in [0, 0.05) is 67.2 Å². The monoisotopic (exact) mass is 1340 g/mol. The van der Waals surface area contributed by atoms with E-state index in [4.69, 9.17) is 18.9 Å². The third-order valence-electron chi connectivity index (χ3n) is 17.5. The summed E-state index contributed by atoms with van der Waals surface area (Å²) in [5.41, 5.74) is 3.88. The molecule has 3 aliphatic rings. The molecule has 1 fully saturated rings. The fraction of sp³-hybridized carbons (Fsp3) is 0.543. The van der Waals surface area contributed by atoms with Crippen LogP contribution in [0.4, 0.5) is 11.4 Å². The van der Waals surface area contributed by atoms with Gasteiger partial charge in [-0.15, -0.1) is 0 Å². The number of carbonyl (C=O) groups excluding carboxylic acids is 8. The van der Waals surface area contributed by atoms with Crippen LogP contribution in [0.3, 0.4) is 0 Å². The summed E-state index contributed by atoms with van der Waals surface area (Å²) in [4.78, 5) is 128. The highest BCUT2D eigenvalue weighted by Crippen LogP contribution is 2.34. The summed E-state index contributed by atoms with van der Waals surface area (Å²) in [5.74, 6) is -8.15. The zero-order valence-corrected chi connectivity index (χ0v) is 58.3. The van der Waals surface area contributed by atoms with Gasteiger partial charge in [0.25, 0.3) is 23.6 Å². The van der Waals surface area contributed by atoms with E-state index in [9.17, 15) is 45.6 Å². The Balaban J connectivity index is 1.23. The van der Waals surface area contributed by atoms with Crippen LogP contribution in [0.5, 0.6) is 0 Å². The second-order valence-corrected chi connectivity index (χ2v) is 31.0. The van der Waals surface area contributed by atoms with E-state index in [0.717, 1.165) is 30.7 Å². The molecule has 0 saturated carbocycles. The standard InChI is InChI=1S/C70H94N6O16S2/c1-43(2)35-55-67(81)89-47(9)63(77)71(11)58(38-46(7)8)70(84)92-60(40-50-25-29-52(30-26-50)42-76-32-34-94(87,88)62-22-18-16-20-54(62)76)66(80)74(14)56(36-44(3)4)68(82)90-48(10)64(78)72(12)57(37-45(5)6)69(83)91-59(65(79)73(55)13)39-49-23-27-51(28-24-49)41-75-31-33-93(85,86)61-21-17-15-19-53(61)75/h15-30,43-48,55-60H,31-42H2,1-14H3/t47-,48-,55+,56+,57+,58+,59-,60-/m1/s1. The first-order valence-corrected chi connectivity index (χ1v) is 35.7. The molecule has 0 aromatic heterocycles. The Morgan fingerprint density at radius 2 is 0.649 bits per heavy atom. The van der Waals surface area contributed by atoms with Crippen LogP contribution in [0.25, 0.3) is 0 Å². The molecule has 0 radical (unpaired) electrons. The molecule has 4 aromatic rings. The highest BCUT2D eigenvalue weighted by molar-refractivity contribution is 7.92. The maximum absolute atomic E-state index is 15.2. The minimum atomic E-state index is -3.46. The molecule has 7 rings (SSSR count). The first-order chi connectivity index (χ1) is 44.2. The van der Waals surface area contributed by atoms with Crippen molar-refractivity contribution >= 4 is 78.6 Å².